The monoisotopic (exact) mass is 402 g/mol. The first-order chi connectivity index (χ1) is 13.5. The maximum absolute atomic E-state index is 12.1. The molecule has 0 aliphatic carbocycles. The fourth-order valence-electron chi connectivity index (χ4n) is 3.56. The molecule has 1 saturated heterocycles. The number of ether oxygens (including phenoxy) is 1. The van der Waals surface area contributed by atoms with Gasteiger partial charge < -0.3 is 14.5 Å². The summed E-state index contributed by atoms with van der Waals surface area (Å²) in [5.74, 6) is 1.80. The van der Waals surface area contributed by atoms with Crippen LogP contribution >= 0.6 is 11.6 Å². The summed E-state index contributed by atoms with van der Waals surface area (Å²) < 4.78 is 4.97. The Morgan fingerprint density at radius 3 is 2.43 bits per heavy atom. The number of hydrogen-bond donors (Lipinski definition) is 0. The van der Waals surface area contributed by atoms with Crippen molar-refractivity contribution in [3.63, 3.8) is 0 Å². The van der Waals surface area contributed by atoms with Crippen LogP contribution in [0.25, 0.3) is 0 Å². The van der Waals surface area contributed by atoms with Crippen LogP contribution in [0.5, 0.6) is 0 Å². The first-order valence-electron chi connectivity index (χ1n) is 9.64. The van der Waals surface area contributed by atoms with Gasteiger partial charge in [-0.3, -0.25) is 4.79 Å². The molecule has 6 nitrogen and oxygen atoms in total. The number of hydrogen-bond acceptors (Lipinski definition) is 5. The van der Waals surface area contributed by atoms with Crippen molar-refractivity contribution in [2.75, 3.05) is 44.8 Å². The SMILES string of the molecule is CCc1nc(C)nc(N2CCN(C(=O)COC)CC2)c1Cc1ccc(Cl)cc1. The van der Waals surface area contributed by atoms with Crippen LogP contribution in [0, 0.1) is 6.92 Å². The summed E-state index contributed by atoms with van der Waals surface area (Å²) in [6.07, 6.45) is 1.62. The molecule has 1 aliphatic heterocycles. The molecule has 2 aromatic rings. The van der Waals surface area contributed by atoms with Gasteiger partial charge in [0.25, 0.3) is 0 Å². The van der Waals surface area contributed by atoms with Crippen LogP contribution < -0.4 is 4.90 Å². The van der Waals surface area contributed by atoms with Crippen LogP contribution in [0.2, 0.25) is 5.02 Å². The zero-order valence-corrected chi connectivity index (χ0v) is 17.5. The fraction of sp³-hybridized carbons (Fsp3) is 0.476. The van der Waals surface area contributed by atoms with Gasteiger partial charge in [-0.2, -0.15) is 0 Å². The van der Waals surface area contributed by atoms with Gasteiger partial charge in [-0.15, -0.1) is 0 Å². The highest BCUT2D eigenvalue weighted by Gasteiger charge is 2.25. The molecule has 0 unspecified atom stereocenters. The molecular weight excluding hydrogens is 376 g/mol. The molecule has 0 saturated carbocycles. The molecule has 28 heavy (non-hydrogen) atoms. The second-order valence-electron chi connectivity index (χ2n) is 6.98. The highest BCUT2D eigenvalue weighted by molar-refractivity contribution is 6.30. The molecule has 0 atom stereocenters. The quantitative estimate of drug-likeness (QED) is 0.743. The predicted octanol–water partition coefficient (Wildman–Crippen LogP) is 2.89. The fourth-order valence-corrected chi connectivity index (χ4v) is 3.69. The summed E-state index contributed by atoms with van der Waals surface area (Å²) in [4.78, 5) is 25.7. The molecule has 0 N–H and O–H groups in total. The van der Waals surface area contributed by atoms with Gasteiger partial charge in [0.1, 0.15) is 18.2 Å². The second kappa shape index (κ2) is 9.34. The Morgan fingerprint density at radius 1 is 1.14 bits per heavy atom. The molecule has 1 amide bonds. The van der Waals surface area contributed by atoms with Crippen molar-refractivity contribution in [1.82, 2.24) is 14.9 Å². The van der Waals surface area contributed by atoms with Crippen molar-refractivity contribution in [2.24, 2.45) is 0 Å². The summed E-state index contributed by atoms with van der Waals surface area (Å²) in [5.41, 5.74) is 3.42. The lowest BCUT2D eigenvalue weighted by atomic mass is 10.0. The number of carbonyl (C=O) groups excluding carboxylic acids is 1. The van der Waals surface area contributed by atoms with Gasteiger partial charge in [0.15, 0.2) is 0 Å². The molecule has 0 radical (unpaired) electrons. The lowest BCUT2D eigenvalue weighted by molar-refractivity contribution is -0.135. The number of benzene rings is 1. The third-order valence-corrected chi connectivity index (χ3v) is 5.26. The number of anilines is 1. The lowest BCUT2D eigenvalue weighted by Gasteiger charge is -2.36. The highest BCUT2D eigenvalue weighted by atomic mass is 35.5. The third kappa shape index (κ3) is 4.80. The molecule has 7 heteroatoms. The number of amides is 1. The number of aryl methyl sites for hydroxylation is 2. The van der Waals surface area contributed by atoms with Gasteiger partial charge in [0.05, 0.1) is 0 Å². The number of aromatic nitrogens is 2. The number of rotatable bonds is 6. The van der Waals surface area contributed by atoms with Gasteiger partial charge in [-0.1, -0.05) is 30.7 Å². The van der Waals surface area contributed by atoms with Crippen LogP contribution in [-0.2, 0) is 22.4 Å². The number of piperazine rings is 1. The van der Waals surface area contributed by atoms with E-state index in [-0.39, 0.29) is 12.5 Å². The van der Waals surface area contributed by atoms with E-state index in [2.05, 4.69) is 16.8 Å². The topological polar surface area (TPSA) is 58.6 Å². The minimum Gasteiger partial charge on any atom is -0.375 e. The summed E-state index contributed by atoms with van der Waals surface area (Å²) >= 11 is 6.03. The minimum absolute atomic E-state index is 0.0386. The van der Waals surface area contributed by atoms with Gasteiger partial charge in [-0.05, 0) is 31.0 Å². The molecule has 150 valence electrons. The van der Waals surface area contributed by atoms with Crippen LogP contribution in [0.3, 0.4) is 0 Å². The van der Waals surface area contributed by atoms with Gasteiger partial charge in [0, 0.05) is 56.0 Å². The summed E-state index contributed by atoms with van der Waals surface area (Å²) in [5, 5.41) is 0.733. The first kappa shape index (κ1) is 20.6. The maximum atomic E-state index is 12.1. The Bertz CT molecular complexity index is 818. The highest BCUT2D eigenvalue weighted by Crippen LogP contribution is 2.26. The largest absolute Gasteiger partial charge is 0.375 e. The van der Waals surface area contributed by atoms with Gasteiger partial charge in [-0.25, -0.2) is 9.97 Å². The molecule has 0 spiro atoms. The number of methoxy groups -OCH3 is 1. The van der Waals surface area contributed by atoms with E-state index in [1.165, 1.54) is 5.56 Å². The molecule has 1 aromatic heterocycles. The first-order valence-corrected chi connectivity index (χ1v) is 10.0. The Balaban J connectivity index is 1.85. The Labute approximate surface area is 171 Å². The van der Waals surface area contributed by atoms with Crippen LogP contribution in [0.15, 0.2) is 24.3 Å². The van der Waals surface area contributed by atoms with E-state index < -0.39 is 0 Å². The van der Waals surface area contributed by atoms with Crippen molar-refractivity contribution < 1.29 is 9.53 Å². The van der Waals surface area contributed by atoms with Crippen LogP contribution in [0.1, 0.15) is 29.6 Å². The summed E-state index contributed by atoms with van der Waals surface area (Å²) in [7, 11) is 1.55. The zero-order valence-electron chi connectivity index (χ0n) is 16.7. The van der Waals surface area contributed by atoms with E-state index in [1.54, 1.807) is 7.11 Å². The van der Waals surface area contributed by atoms with E-state index >= 15 is 0 Å². The minimum atomic E-state index is 0.0386. The van der Waals surface area contributed by atoms with E-state index in [1.807, 2.05) is 36.1 Å². The van der Waals surface area contributed by atoms with Crippen LogP contribution in [-0.4, -0.2) is 60.7 Å². The van der Waals surface area contributed by atoms with Crippen LogP contribution in [0.4, 0.5) is 5.82 Å². The van der Waals surface area contributed by atoms with Gasteiger partial charge >= 0.3 is 0 Å². The smallest absolute Gasteiger partial charge is 0.248 e. The normalized spacial score (nSPS) is 14.4. The van der Waals surface area contributed by atoms with Crippen molar-refractivity contribution in [3.05, 3.63) is 51.9 Å². The zero-order chi connectivity index (χ0) is 20.1. The maximum Gasteiger partial charge on any atom is 0.248 e. The number of carbonyl (C=O) groups is 1. The molecule has 2 heterocycles. The molecule has 1 aromatic carbocycles. The van der Waals surface area contributed by atoms with E-state index in [0.29, 0.717) is 13.1 Å². The Morgan fingerprint density at radius 2 is 1.82 bits per heavy atom. The number of nitrogens with zero attached hydrogens (tertiary/aromatic N) is 4. The van der Waals surface area contributed by atoms with Gasteiger partial charge in [0.2, 0.25) is 5.91 Å². The Hall–Kier alpha value is -2.18. The summed E-state index contributed by atoms with van der Waals surface area (Å²) in [6.45, 7) is 7.05. The third-order valence-electron chi connectivity index (χ3n) is 5.01. The molecule has 0 bridgehead atoms. The average molecular weight is 403 g/mol. The predicted molar refractivity (Wildman–Crippen MR) is 111 cm³/mol. The van der Waals surface area contributed by atoms with E-state index in [4.69, 9.17) is 21.3 Å². The van der Waals surface area contributed by atoms with Crippen molar-refractivity contribution in [3.8, 4) is 0 Å². The van der Waals surface area contributed by atoms with Crippen molar-refractivity contribution >= 4 is 23.3 Å². The standard InChI is InChI=1S/C21H27ClN4O2/c1-4-19-18(13-16-5-7-17(22)8-6-16)21(24-15(2)23-19)26-11-9-25(10-12-26)20(27)14-28-3/h5-8H,4,9-14H2,1-3H3. The molecule has 1 aliphatic rings. The molecular formula is C21H27ClN4O2. The van der Waals surface area contributed by atoms with Crippen molar-refractivity contribution in [1.29, 1.82) is 0 Å². The average Bonchev–Trinajstić information content (AvgIpc) is 2.71. The Kier molecular flexibility index (Phi) is 6.86. The van der Waals surface area contributed by atoms with Crippen molar-refractivity contribution in [2.45, 2.75) is 26.7 Å². The molecule has 1 fully saturated rings. The van der Waals surface area contributed by atoms with E-state index in [9.17, 15) is 4.79 Å². The molecule has 3 rings (SSSR count). The lowest BCUT2D eigenvalue weighted by Crippen LogP contribution is -2.50. The number of halogens is 1. The summed E-state index contributed by atoms with van der Waals surface area (Å²) in [6, 6.07) is 7.92. The van der Waals surface area contributed by atoms with E-state index in [0.717, 1.165) is 53.9 Å². The second-order valence-corrected chi connectivity index (χ2v) is 7.41.